The number of carbonyl (C=O) groups is 2. The van der Waals surface area contributed by atoms with Gasteiger partial charge in [0.25, 0.3) is 5.91 Å². The van der Waals surface area contributed by atoms with Crippen LogP contribution in [0.4, 0.5) is 5.69 Å². The van der Waals surface area contributed by atoms with Crippen molar-refractivity contribution >= 4 is 27.6 Å². The molecule has 0 aliphatic heterocycles. The van der Waals surface area contributed by atoms with Crippen LogP contribution in [0.25, 0.3) is 0 Å². The molecule has 0 heterocycles. The zero-order chi connectivity index (χ0) is 24.6. The second-order valence-electron chi connectivity index (χ2n) is 7.26. The molecule has 33 heavy (non-hydrogen) atoms. The minimum absolute atomic E-state index is 0.0489. The van der Waals surface area contributed by atoms with Crippen LogP contribution >= 0.6 is 0 Å². The Balaban J connectivity index is 2.36. The number of nitrogens with zero attached hydrogens (tertiary/aromatic N) is 1. The maximum atomic E-state index is 13.0. The van der Waals surface area contributed by atoms with Crippen LogP contribution in [-0.2, 0) is 19.6 Å². The lowest BCUT2D eigenvalue weighted by molar-refractivity contribution is -0.142. The molecule has 0 saturated heterocycles. The van der Waals surface area contributed by atoms with Gasteiger partial charge >= 0.3 is 5.97 Å². The Labute approximate surface area is 194 Å². The Kier molecular flexibility index (Phi) is 9.24. The summed E-state index contributed by atoms with van der Waals surface area (Å²) >= 11 is 0. The van der Waals surface area contributed by atoms with Crippen molar-refractivity contribution in [2.24, 2.45) is 0 Å². The molecule has 1 amide bonds. The topological polar surface area (TPSA) is 111 Å². The summed E-state index contributed by atoms with van der Waals surface area (Å²) in [6.07, 6.45) is -0.194. The molecule has 2 aromatic carbocycles. The smallest absolute Gasteiger partial charge is 0.343 e. The first-order valence-electron chi connectivity index (χ1n) is 10.5. The second kappa shape index (κ2) is 11.7. The number of hydrogen-bond acceptors (Lipinski definition) is 7. The predicted molar refractivity (Wildman–Crippen MR) is 124 cm³/mol. The standard InChI is InChI=1S/C23H30N2O7S/c1-6-25(7-2)33(28,29)19-11-12-21(32-16(3)4)20(14-19)24-23(27)17-9-8-10-18(13-17)31-15-22(26)30-5/h8-14,16H,6-7,15H2,1-5H3,(H,24,27). The average Bonchev–Trinajstić information content (AvgIpc) is 2.78. The molecule has 1 N–H and O–H groups in total. The van der Waals surface area contributed by atoms with Gasteiger partial charge in [-0.15, -0.1) is 0 Å². The predicted octanol–water partition coefficient (Wildman–Crippen LogP) is 3.31. The quantitative estimate of drug-likeness (QED) is 0.493. The number of nitrogens with one attached hydrogen (secondary N) is 1. The summed E-state index contributed by atoms with van der Waals surface area (Å²) in [6, 6.07) is 10.6. The van der Waals surface area contributed by atoms with Gasteiger partial charge in [-0.05, 0) is 50.2 Å². The molecule has 180 valence electrons. The summed E-state index contributed by atoms with van der Waals surface area (Å²) in [5, 5.41) is 2.73. The van der Waals surface area contributed by atoms with Gasteiger partial charge < -0.3 is 19.5 Å². The molecule has 0 aliphatic carbocycles. The van der Waals surface area contributed by atoms with E-state index in [1.807, 2.05) is 13.8 Å². The lowest BCUT2D eigenvalue weighted by Crippen LogP contribution is -2.30. The summed E-state index contributed by atoms with van der Waals surface area (Å²) in [6.45, 7) is 7.53. The van der Waals surface area contributed by atoms with Gasteiger partial charge in [-0.3, -0.25) is 4.79 Å². The Morgan fingerprint density at radius 2 is 1.76 bits per heavy atom. The summed E-state index contributed by atoms with van der Waals surface area (Å²) in [5.74, 6) is -0.393. The zero-order valence-corrected chi connectivity index (χ0v) is 20.3. The Hall–Kier alpha value is -3.11. The summed E-state index contributed by atoms with van der Waals surface area (Å²) in [7, 11) is -2.48. The molecule has 0 atom stereocenters. The highest BCUT2D eigenvalue weighted by Crippen LogP contribution is 2.30. The SMILES string of the molecule is CCN(CC)S(=O)(=O)c1ccc(OC(C)C)c(NC(=O)c2cccc(OCC(=O)OC)c2)c1. The van der Waals surface area contributed by atoms with Crippen molar-refractivity contribution in [1.82, 2.24) is 4.31 Å². The number of rotatable bonds is 11. The third kappa shape index (κ3) is 6.93. The van der Waals surface area contributed by atoms with E-state index in [2.05, 4.69) is 10.1 Å². The van der Waals surface area contributed by atoms with Crippen molar-refractivity contribution in [2.75, 3.05) is 32.1 Å². The zero-order valence-electron chi connectivity index (χ0n) is 19.5. The average molecular weight is 479 g/mol. The molecule has 10 heteroatoms. The summed E-state index contributed by atoms with van der Waals surface area (Å²) < 4.78 is 42.9. The fourth-order valence-electron chi connectivity index (χ4n) is 2.96. The molecule has 0 fully saturated rings. The van der Waals surface area contributed by atoms with E-state index in [1.54, 1.807) is 32.0 Å². The van der Waals surface area contributed by atoms with Crippen LogP contribution in [0.15, 0.2) is 47.4 Å². The van der Waals surface area contributed by atoms with Crippen LogP contribution in [0.1, 0.15) is 38.1 Å². The highest BCUT2D eigenvalue weighted by Gasteiger charge is 2.24. The first-order valence-corrected chi connectivity index (χ1v) is 12.0. The van der Waals surface area contributed by atoms with Gasteiger partial charge in [-0.1, -0.05) is 19.9 Å². The number of anilines is 1. The highest BCUT2D eigenvalue weighted by atomic mass is 32.2. The molecular formula is C23H30N2O7S. The molecule has 0 spiro atoms. The lowest BCUT2D eigenvalue weighted by Gasteiger charge is -2.20. The Morgan fingerprint density at radius 3 is 2.36 bits per heavy atom. The molecular weight excluding hydrogens is 448 g/mol. The van der Waals surface area contributed by atoms with Crippen molar-refractivity contribution in [3.05, 3.63) is 48.0 Å². The van der Waals surface area contributed by atoms with Crippen molar-refractivity contribution in [1.29, 1.82) is 0 Å². The third-order valence-electron chi connectivity index (χ3n) is 4.59. The van der Waals surface area contributed by atoms with E-state index in [0.717, 1.165) is 0 Å². The number of hydrogen-bond donors (Lipinski definition) is 1. The second-order valence-corrected chi connectivity index (χ2v) is 9.20. The van der Waals surface area contributed by atoms with E-state index >= 15 is 0 Å². The first-order chi connectivity index (χ1) is 15.6. The van der Waals surface area contributed by atoms with E-state index in [4.69, 9.17) is 9.47 Å². The van der Waals surface area contributed by atoms with Gasteiger partial charge in [0, 0.05) is 18.7 Å². The van der Waals surface area contributed by atoms with Gasteiger partial charge in [-0.25, -0.2) is 13.2 Å². The minimum atomic E-state index is -3.73. The monoisotopic (exact) mass is 478 g/mol. The van der Waals surface area contributed by atoms with Crippen LogP contribution < -0.4 is 14.8 Å². The van der Waals surface area contributed by atoms with E-state index in [9.17, 15) is 18.0 Å². The van der Waals surface area contributed by atoms with Gasteiger partial charge in [0.05, 0.1) is 23.8 Å². The molecule has 2 rings (SSSR count). The van der Waals surface area contributed by atoms with Crippen molar-refractivity contribution < 1.29 is 32.2 Å². The van der Waals surface area contributed by atoms with E-state index in [1.165, 1.54) is 35.7 Å². The van der Waals surface area contributed by atoms with Gasteiger partial charge in [0.15, 0.2) is 6.61 Å². The molecule has 0 bridgehead atoms. The maximum absolute atomic E-state index is 13.0. The van der Waals surface area contributed by atoms with Gasteiger partial charge in [0.2, 0.25) is 10.0 Å². The lowest BCUT2D eigenvalue weighted by atomic mass is 10.2. The van der Waals surface area contributed by atoms with Crippen LogP contribution in [0, 0.1) is 0 Å². The number of benzene rings is 2. The number of amides is 1. The van der Waals surface area contributed by atoms with E-state index in [0.29, 0.717) is 24.6 Å². The molecule has 0 radical (unpaired) electrons. The maximum Gasteiger partial charge on any atom is 0.343 e. The molecule has 9 nitrogen and oxygen atoms in total. The van der Waals surface area contributed by atoms with E-state index < -0.39 is 21.9 Å². The Morgan fingerprint density at radius 1 is 1.06 bits per heavy atom. The van der Waals surface area contributed by atoms with Gasteiger partial charge in [0.1, 0.15) is 11.5 Å². The number of sulfonamides is 1. The van der Waals surface area contributed by atoms with E-state index in [-0.39, 0.29) is 28.9 Å². The molecule has 0 aromatic heterocycles. The molecule has 0 unspecified atom stereocenters. The largest absolute Gasteiger partial charge is 0.489 e. The number of esters is 1. The van der Waals surface area contributed by atoms with Crippen molar-refractivity contribution in [3.63, 3.8) is 0 Å². The van der Waals surface area contributed by atoms with Crippen LogP contribution in [0.5, 0.6) is 11.5 Å². The summed E-state index contributed by atoms with van der Waals surface area (Å²) in [4.78, 5) is 24.3. The van der Waals surface area contributed by atoms with Crippen LogP contribution in [0.3, 0.4) is 0 Å². The molecule has 0 aliphatic rings. The fraction of sp³-hybridized carbons (Fsp3) is 0.391. The van der Waals surface area contributed by atoms with Crippen LogP contribution in [-0.4, -0.2) is 57.5 Å². The van der Waals surface area contributed by atoms with Gasteiger partial charge in [-0.2, -0.15) is 4.31 Å². The van der Waals surface area contributed by atoms with Crippen molar-refractivity contribution in [2.45, 2.75) is 38.7 Å². The number of methoxy groups -OCH3 is 1. The highest BCUT2D eigenvalue weighted by molar-refractivity contribution is 7.89. The van der Waals surface area contributed by atoms with Crippen LogP contribution in [0.2, 0.25) is 0 Å². The van der Waals surface area contributed by atoms with Crippen molar-refractivity contribution in [3.8, 4) is 11.5 Å². The minimum Gasteiger partial charge on any atom is -0.489 e. The molecule has 0 saturated carbocycles. The normalized spacial score (nSPS) is 11.4. The summed E-state index contributed by atoms with van der Waals surface area (Å²) in [5.41, 5.74) is 0.479. The third-order valence-corrected chi connectivity index (χ3v) is 6.63. The Bertz CT molecular complexity index is 1080. The fourth-order valence-corrected chi connectivity index (χ4v) is 4.44. The number of ether oxygens (including phenoxy) is 3. The number of carbonyl (C=O) groups excluding carboxylic acids is 2. The molecule has 2 aromatic rings. The first kappa shape index (κ1) is 26.1.